The van der Waals surface area contributed by atoms with Gasteiger partial charge in [-0.3, -0.25) is 9.59 Å². The Morgan fingerprint density at radius 2 is 1.76 bits per heavy atom. The molecular formula is C26H34BrFN4O4S. The highest BCUT2D eigenvalue weighted by atomic mass is 79.9. The summed E-state index contributed by atoms with van der Waals surface area (Å²) in [6.45, 7) is 1.03. The van der Waals surface area contributed by atoms with Crippen molar-refractivity contribution in [3.63, 3.8) is 0 Å². The molecule has 2 aromatic carbocycles. The molecule has 1 atom stereocenters. The van der Waals surface area contributed by atoms with Crippen molar-refractivity contribution < 1.29 is 22.4 Å². The van der Waals surface area contributed by atoms with Crippen LogP contribution in [0.25, 0.3) is 0 Å². The van der Waals surface area contributed by atoms with Crippen LogP contribution in [-0.2, 0) is 26.3 Å². The first kappa shape index (κ1) is 29.1. The summed E-state index contributed by atoms with van der Waals surface area (Å²) in [5.41, 5.74) is 0.513. The second-order valence-electron chi connectivity index (χ2n) is 9.42. The molecule has 0 aliphatic heterocycles. The molecule has 1 saturated carbocycles. The van der Waals surface area contributed by atoms with Gasteiger partial charge in [-0.05, 0) is 49.6 Å². The number of halogens is 2. The Kier molecular flexibility index (Phi) is 10.1. The second kappa shape index (κ2) is 12.8. The van der Waals surface area contributed by atoms with E-state index in [1.165, 1.54) is 37.2 Å². The number of benzene rings is 2. The number of carbonyl (C=O) groups excluding carboxylic acids is 2. The summed E-state index contributed by atoms with van der Waals surface area (Å²) < 4.78 is 43.5. The van der Waals surface area contributed by atoms with E-state index in [1.54, 1.807) is 6.92 Å². The third kappa shape index (κ3) is 7.52. The number of anilines is 1. The van der Waals surface area contributed by atoms with Gasteiger partial charge < -0.3 is 10.2 Å². The maximum Gasteiger partial charge on any atom is 0.304 e. The number of hydrogen-bond donors (Lipinski definition) is 1. The van der Waals surface area contributed by atoms with Crippen LogP contribution in [-0.4, -0.2) is 62.2 Å². The first-order chi connectivity index (χ1) is 17.5. The fraction of sp³-hybridized carbons (Fsp3) is 0.462. The summed E-state index contributed by atoms with van der Waals surface area (Å²) >= 11 is 3.42. The molecule has 1 N–H and O–H groups in total. The molecule has 1 aliphatic carbocycles. The summed E-state index contributed by atoms with van der Waals surface area (Å²) in [6, 6.07) is 11.9. The molecule has 2 aromatic rings. The molecule has 1 aliphatic rings. The number of para-hydroxylation sites is 1. The molecule has 0 unspecified atom stereocenters. The first-order valence-electron chi connectivity index (χ1n) is 12.3. The lowest BCUT2D eigenvalue weighted by atomic mass is 9.95. The number of nitrogens with zero attached hydrogens (tertiary/aromatic N) is 3. The maximum atomic E-state index is 14.7. The number of hydrogen-bond acceptors (Lipinski definition) is 4. The summed E-state index contributed by atoms with van der Waals surface area (Å²) in [6.07, 6.45) is 5.00. The zero-order chi connectivity index (χ0) is 27.2. The van der Waals surface area contributed by atoms with Gasteiger partial charge in [0, 0.05) is 31.2 Å². The van der Waals surface area contributed by atoms with Gasteiger partial charge in [-0.25, -0.2) is 8.70 Å². The van der Waals surface area contributed by atoms with Crippen molar-refractivity contribution in [2.45, 2.75) is 57.7 Å². The SMILES string of the molecule is C[C@H](C(=O)NC1CCCCC1)N(Cc1cccc(Br)c1)C(=O)CN(c1ccccc1F)S(=O)(=O)N(C)C. The summed E-state index contributed by atoms with van der Waals surface area (Å²) in [5.74, 6) is -1.70. The largest absolute Gasteiger partial charge is 0.352 e. The van der Waals surface area contributed by atoms with E-state index < -0.39 is 34.5 Å². The van der Waals surface area contributed by atoms with Gasteiger partial charge in [0.25, 0.3) is 0 Å². The first-order valence-corrected chi connectivity index (χ1v) is 14.5. The van der Waals surface area contributed by atoms with Crippen molar-refractivity contribution in [2.75, 3.05) is 24.9 Å². The van der Waals surface area contributed by atoms with Crippen molar-refractivity contribution in [1.82, 2.24) is 14.5 Å². The standard InChI is InChI=1S/C26H34BrFN4O4S/c1-19(26(34)29-22-12-5-4-6-13-22)31(17-20-10-9-11-21(27)16-20)25(33)18-32(37(35,36)30(2)3)24-15-8-7-14-23(24)28/h7-11,14-16,19,22H,4-6,12-13,17-18H2,1-3H3,(H,29,34)/t19-/m1/s1. The molecule has 0 spiro atoms. The zero-order valence-electron chi connectivity index (χ0n) is 21.4. The molecule has 0 saturated heterocycles. The Balaban J connectivity index is 1.93. The molecule has 1 fully saturated rings. The summed E-state index contributed by atoms with van der Waals surface area (Å²) in [4.78, 5) is 28.3. The highest BCUT2D eigenvalue weighted by Crippen LogP contribution is 2.24. The number of nitrogens with one attached hydrogen (secondary N) is 1. The molecular weight excluding hydrogens is 563 g/mol. The Labute approximate surface area is 227 Å². The topological polar surface area (TPSA) is 90.0 Å². The van der Waals surface area contributed by atoms with E-state index in [1.807, 2.05) is 24.3 Å². The lowest BCUT2D eigenvalue weighted by molar-refractivity contribution is -0.139. The second-order valence-corrected chi connectivity index (χ2v) is 12.4. The minimum atomic E-state index is -4.22. The van der Waals surface area contributed by atoms with E-state index in [4.69, 9.17) is 0 Å². The molecule has 2 amide bonds. The smallest absolute Gasteiger partial charge is 0.304 e. The van der Waals surface area contributed by atoms with Gasteiger partial charge >= 0.3 is 10.2 Å². The Morgan fingerprint density at radius 3 is 2.38 bits per heavy atom. The predicted octanol–water partition coefficient (Wildman–Crippen LogP) is 4.07. The molecule has 11 heteroatoms. The van der Waals surface area contributed by atoms with Gasteiger partial charge in [0.1, 0.15) is 18.4 Å². The molecule has 0 heterocycles. The van der Waals surface area contributed by atoms with Crippen molar-refractivity contribution in [2.24, 2.45) is 0 Å². The Bertz CT molecular complexity index is 1200. The van der Waals surface area contributed by atoms with Gasteiger partial charge in [0.2, 0.25) is 11.8 Å². The van der Waals surface area contributed by atoms with E-state index in [-0.39, 0.29) is 24.2 Å². The lowest BCUT2D eigenvalue weighted by Gasteiger charge is -2.34. The van der Waals surface area contributed by atoms with Crippen molar-refractivity contribution in [3.8, 4) is 0 Å². The average Bonchev–Trinajstić information content (AvgIpc) is 2.86. The quantitative estimate of drug-likeness (QED) is 0.448. The highest BCUT2D eigenvalue weighted by Gasteiger charge is 2.34. The van der Waals surface area contributed by atoms with E-state index in [0.717, 1.165) is 56.8 Å². The average molecular weight is 598 g/mol. The number of carbonyl (C=O) groups is 2. The van der Waals surface area contributed by atoms with Crippen LogP contribution >= 0.6 is 15.9 Å². The van der Waals surface area contributed by atoms with E-state index in [0.29, 0.717) is 0 Å². The molecule has 8 nitrogen and oxygen atoms in total. The van der Waals surface area contributed by atoms with Gasteiger partial charge in [0.15, 0.2) is 0 Å². The molecule has 0 radical (unpaired) electrons. The van der Waals surface area contributed by atoms with Crippen molar-refractivity contribution in [1.29, 1.82) is 0 Å². The third-order valence-corrected chi connectivity index (χ3v) is 8.80. The minimum Gasteiger partial charge on any atom is -0.352 e. The van der Waals surface area contributed by atoms with Crippen molar-refractivity contribution >= 4 is 43.6 Å². The van der Waals surface area contributed by atoms with Crippen LogP contribution in [0.2, 0.25) is 0 Å². The van der Waals surface area contributed by atoms with Crippen LogP contribution in [0.4, 0.5) is 10.1 Å². The van der Waals surface area contributed by atoms with E-state index >= 15 is 0 Å². The van der Waals surface area contributed by atoms with Crippen LogP contribution < -0.4 is 9.62 Å². The summed E-state index contributed by atoms with van der Waals surface area (Å²) in [5, 5.41) is 3.05. The predicted molar refractivity (Wildman–Crippen MR) is 146 cm³/mol. The van der Waals surface area contributed by atoms with Crippen LogP contribution in [0.5, 0.6) is 0 Å². The van der Waals surface area contributed by atoms with Crippen LogP contribution in [0, 0.1) is 5.82 Å². The minimum absolute atomic E-state index is 0.0514. The fourth-order valence-corrected chi connectivity index (χ4v) is 5.85. The fourth-order valence-electron chi connectivity index (χ4n) is 4.34. The molecule has 0 aromatic heterocycles. The lowest BCUT2D eigenvalue weighted by Crippen LogP contribution is -2.53. The number of rotatable bonds is 10. The van der Waals surface area contributed by atoms with Gasteiger partial charge in [-0.2, -0.15) is 12.7 Å². The van der Waals surface area contributed by atoms with E-state index in [9.17, 15) is 22.4 Å². The van der Waals surface area contributed by atoms with Crippen molar-refractivity contribution in [3.05, 3.63) is 64.4 Å². The molecule has 3 rings (SSSR count). The highest BCUT2D eigenvalue weighted by molar-refractivity contribution is 9.10. The van der Waals surface area contributed by atoms with Crippen LogP contribution in [0.1, 0.15) is 44.6 Å². The Hall–Kier alpha value is -2.50. The molecule has 0 bridgehead atoms. The van der Waals surface area contributed by atoms with Crippen LogP contribution in [0.15, 0.2) is 53.0 Å². The third-order valence-electron chi connectivity index (χ3n) is 6.50. The zero-order valence-corrected chi connectivity index (χ0v) is 23.8. The molecule has 202 valence electrons. The maximum absolute atomic E-state index is 14.7. The summed E-state index contributed by atoms with van der Waals surface area (Å²) in [7, 11) is -1.59. The van der Waals surface area contributed by atoms with E-state index in [2.05, 4.69) is 21.2 Å². The van der Waals surface area contributed by atoms with Gasteiger partial charge in [0.05, 0.1) is 5.69 Å². The molecule has 37 heavy (non-hydrogen) atoms. The monoisotopic (exact) mass is 596 g/mol. The van der Waals surface area contributed by atoms with Gasteiger partial charge in [-0.1, -0.05) is 59.5 Å². The normalized spacial score (nSPS) is 15.3. The Morgan fingerprint density at radius 1 is 1.08 bits per heavy atom. The number of amides is 2. The van der Waals surface area contributed by atoms with Crippen LogP contribution in [0.3, 0.4) is 0 Å². The van der Waals surface area contributed by atoms with Gasteiger partial charge in [-0.15, -0.1) is 0 Å².